The number of quaternary nitrogens is 1. The molecular weight excluding hydrogens is 318 g/mol. The van der Waals surface area contributed by atoms with Gasteiger partial charge in [-0.25, -0.2) is 0 Å². The largest absolute Gasteiger partial charge is 0.493 e. The number of hydrogen-bond donors (Lipinski definition) is 1. The van der Waals surface area contributed by atoms with Gasteiger partial charge in [0.05, 0.1) is 32.7 Å². The van der Waals surface area contributed by atoms with E-state index >= 15 is 0 Å². The van der Waals surface area contributed by atoms with Crippen LogP contribution in [0.2, 0.25) is 0 Å². The number of allylic oxidation sites excluding steroid dienone is 1. The zero-order valence-electron chi connectivity index (χ0n) is 15.4. The van der Waals surface area contributed by atoms with E-state index < -0.39 is 0 Å². The van der Waals surface area contributed by atoms with Crippen LogP contribution in [0.3, 0.4) is 0 Å². The van der Waals surface area contributed by atoms with E-state index in [4.69, 9.17) is 14.2 Å². The third-order valence-electron chi connectivity index (χ3n) is 4.63. The van der Waals surface area contributed by atoms with Crippen LogP contribution in [0, 0.1) is 5.92 Å². The molecule has 0 spiro atoms. The quantitative estimate of drug-likeness (QED) is 0.545. The van der Waals surface area contributed by atoms with Crippen molar-refractivity contribution in [3.8, 4) is 11.5 Å². The number of rotatable bonds is 9. The van der Waals surface area contributed by atoms with Gasteiger partial charge < -0.3 is 19.1 Å². The highest BCUT2D eigenvalue weighted by molar-refractivity contribution is 5.72. The van der Waals surface area contributed by atoms with Gasteiger partial charge in [-0.1, -0.05) is 12.1 Å². The molecule has 1 aromatic carbocycles. The molecule has 0 radical (unpaired) electrons. The Kier molecular flexibility index (Phi) is 7.79. The summed E-state index contributed by atoms with van der Waals surface area (Å²) in [7, 11) is 1.66. The molecule has 1 N–H and O–H groups in total. The summed E-state index contributed by atoms with van der Waals surface area (Å²) < 4.78 is 16.4. The predicted octanol–water partition coefficient (Wildman–Crippen LogP) is 1.66. The van der Waals surface area contributed by atoms with Crippen molar-refractivity contribution in [2.45, 2.75) is 26.2 Å². The number of esters is 1. The third kappa shape index (κ3) is 5.78. The molecule has 0 atom stereocenters. The molecule has 1 heterocycles. The molecule has 0 amide bonds. The summed E-state index contributed by atoms with van der Waals surface area (Å²) in [6.07, 6.45) is 4.48. The van der Waals surface area contributed by atoms with Gasteiger partial charge in [0.2, 0.25) is 0 Å². The molecule has 0 aromatic heterocycles. The lowest BCUT2D eigenvalue weighted by molar-refractivity contribution is -0.905. The molecule has 1 fully saturated rings. The van der Waals surface area contributed by atoms with Gasteiger partial charge in [-0.2, -0.15) is 0 Å². The maximum Gasteiger partial charge on any atom is 0.309 e. The van der Waals surface area contributed by atoms with Gasteiger partial charge >= 0.3 is 5.97 Å². The van der Waals surface area contributed by atoms with Crippen LogP contribution in [-0.2, 0) is 16.0 Å². The van der Waals surface area contributed by atoms with Crippen molar-refractivity contribution in [2.75, 3.05) is 40.0 Å². The van der Waals surface area contributed by atoms with Crippen molar-refractivity contribution in [1.82, 2.24) is 0 Å². The third-order valence-corrected chi connectivity index (χ3v) is 4.63. The second-order valence-electron chi connectivity index (χ2n) is 6.35. The molecule has 5 nitrogen and oxygen atoms in total. The fourth-order valence-corrected chi connectivity index (χ4v) is 3.20. The molecule has 1 aliphatic rings. The Morgan fingerprint density at radius 3 is 2.72 bits per heavy atom. The number of piperidine rings is 1. The Balaban J connectivity index is 1.76. The van der Waals surface area contributed by atoms with Crippen LogP contribution in [0.15, 0.2) is 30.9 Å². The van der Waals surface area contributed by atoms with E-state index in [1.165, 1.54) is 4.90 Å². The van der Waals surface area contributed by atoms with Crippen LogP contribution in [0.25, 0.3) is 0 Å². The van der Waals surface area contributed by atoms with Crippen LogP contribution < -0.4 is 14.4 Å². The van der Waals surface area contributed by atoms with Gasteiger partial charge in [0.15, 0.2) is 11.5 Å². The smallest absolute Gasteiger partial charge is 0.309 e. The molecule has 0 aliphatic carbocycles. The summed E-state index contributed by atoms with van der Waals surface area (Å²) in [5.41, 5.74) is 1.16. The predicted molar refractivity (Wildman–Crippen MR) is 97.3 cm³/mol. The van der Waals surface area contributed by atoms with Crippen molar-refractivity contribution in [3.05, 3.63) is 36.4 Å². The summed E-state index contributed by atoms with van der Waals surface area (Å²) in [5, 5.41) is 0. The highest BCUT2D eigenvalue weighted by Gasteiger charge is 2.28. The van der Waals surface area contributed by atoms with E-state index in [9.17, 15) is 4.79 Å². The molecule has 0 unspecified atom stereocenters. The number of nitrogens with one attached hydrogen (secondary N) is 1. The molecule has 0 bridgehead atoms. The Labute approximate surface area is 150 Å². The fourth-order valence-electron chi connectivity index (χ4n) is 3.20. The van der Waals surface area contributed by atoms with Gasteiger partial charge in [-0.15, -0.1) is 6.58 Å². The van der Waals surface area contributed by atoms with Gasteiger partial charge in [-0.3, -0.25) is 4.79 Å². The summed E-state index contributed by atoms with van der Waals surface area (Å²) in [5.74, 6) is 1.57. The normalized spacial score (nSPS) is 19.9. The van der Waals surface area contributed by atoms with Gasteiger partial charge in [-0.05, 0) is 31.0 Å². The Morgan fingerprint density at radius 1 is 1.32 bits per heavy atom. The van der Waals surface area contributed by atoms with Crippen LogP contribution in [0.1, 0.15) is 25.3 Å². The van der Waals surface area contributed by atoms with E-state index in [0.717, 1.165) is 56.0 Å². The van der Waals surface area contributed by atoms with Crippen molar-refractivity contribution in [3.63, 3.8) is 0 Å². The van der Waals surface area contributed by atoms with E-state index in [1.54, 1.807) is 7.11 Å². The number of benzene rings is 1. The molecule has 5 heteroatoms. The van der Waals surface area contributed by atoms with E-state index in [1.807, 2.05) is 31.2 Å². The van der Waals surface area contributed by atoms with E-state index in [-0.39, 0.29) is 11.9 Å². The molecule has 25 heavy (non-hydrogen) atoms. The van der Waals surface area contributed by atoms with Crippen LogP contribution in [0.5, 0.6) is 11.5 Å². The Morgan fingerprint density at radius 2 is 2.08 bits per heavy atom. The molecule has 1 saturated heterocycles. The van der Waals surface area contributed by atoms with Gasteiger partial charge in [0.25, 0.3) is 0 Å². The minimum Gasteiger partial charge on any atom is -0.493 e. The zero-order chi connectivity index (χ0) is 18.1. The number of methoxy groups -OCH3 is 1. The SMILES string of the molecule is C=CCc1ccc(OCC[NH+]2CCC(C(=O)OCC)CC2)c(OC)c1. The molecule has 1 aliphatic heterocycles. The number of ether oxygens (including phenoxy) is 3. The number of likely N-dealkylation sites (tertiary alicyclic amines) is 1. The number of hydrogen-bond acceptors (Lipinski definition) is 4. The topological polar surface area (TPSA) is 49.2 Å². The summed E-state index contributed by atoms with van der Waals surface area (Å²) in [6.45, 7) is 9.61. The number of carbonyl (C=O) groups is 1. The second kappa shape index (κ2) is 10.1. The first-order valence-corrected chi connectivity index (χ1v) is 9.08. The molecule has 0 saturated carbocycles. The summed E-state index contributed by atoms with van der Waals surface area (Å²) >= 11 is 0. The average Bonchev–Trinajstić information content (AvgIpc) is 2.63. The van der Waals surface area contributed by atoms with Crippen molar-refractivity contribution in [2.24, 2.45) is 5.92 Å². The Hall–Kier alpha value is -2.01. The minimum absolute atomic E-state index is 0.0397. The van der Waals surface area contributed by atoms with Crippen LogP contribution in [0.4, 0.5) is 0 Å². The first-order valence-electron chi connectivity index (χ1n) is 9.08. The molecule has 138 valence electrons. The molecule has 1 aromatic rings. The van der Waals surface area contributed by atoms with Crippen molar-refractivity contribution < 1.29 is 23.9 Å². The van der Waals surface area contributed by atoms with Crippen LogP contribution >= 0.6 is 0 Å². The van der Waals surface area contributed by atoms with Crippen LogP contribution in [-0.4, -0.2) is 45.9 Å². The first-order chi connectivity index (χ1) is 12.2. The average molecular weight is 348 g/mol. The molecular formula is C20H30NO4+. The highest BCUT2D eigenvalue weighted by Crippen LogP contribution is 2.28. The highest BCUT2D eigenvalue weighted by atomic mass is 16.5. The monoisotopic (exact) mass is 348 g/mol. The Bertz CT molecular complexity index is 565. The molecule has 2 rings (SSSR count). The first kappa shape index (κ1) is 19.3. The maximum atomic E-state index is 11.8. The van der Waals surface area contributed by atoms with E-state index in [0.29, 0.717) is 13.2 Å². The number of carbonyl (C=O) groups excluding carboxylic acids is 1. The minimum atomic E-state index is -0.0397. The van der Waals surface area contributed by atoms with Crippen molar-refractivity contribution in [1.29, 1.82) is 0 Å². The van der Waals surface area contributed by atoms with Crippen molar-refractivity contribution >= 4 is 5.97 Å². The summed E-state index contributed by atoms with van der Waals surface area (Å²) in [6, 6.07) is 5.99. The lowest BCUT2D eigenvalue weighted by Crippen LogP contribution is -3.13. The van der Waals surface area contributed by atoms with Gasteiger partial charge in [0.1, 0.15) is 13.2 Å². The maximum absolute atomic E-state index is 11.8. The standard InChI is InChI=1S/C20H29NO4/c1-4-6-16-7-8-18(19(15-16)23-3)25-14-13-21-11-9-17(10-12-21)20(22)24-5-2/h4,7-8,15,17H,1,5-6,9-14H2,2-3H3/p+1. The van der Waals surface area contributed by atoms with Gasteiger partial charge in [0, 0.05) is 12.8 Å². The fraction of sp³-hybridized carbons (Fsp3) is 0.550. The second-order valence-corrected chi connectivity index (χ2v) is 6.35. The zero-order valence-corrected chi connectivity index (χ0v) is 15.4. The lowest BCUT2D eigenvalue weighted by Gasteiger charge is -2.28. The van der Waals surface area contributed by atoms with E-state index in [2.05, 4.69) is 6.58 Å². The summed E-state index contributed by atoms with van der Waals surface area (Å²) in [4.78, 5) is 13.2. The lowest BCUT2D eigenvalue weighted by atomic mass is 9.97.